The van der Waals surface area contributed by atoms with Crippen molar-refractivity contribution in [2.75, 3.05) is 7.11 Å². The maximum Gasteiger partial charge on any atom is 0.184 e. The van der Waals surface area contributed by atoms with Crippen LogP contribution >= 0.6 is 0 Å². The molecule has 2 aromatic heterocycles. The van der Waals surface area contributed by atoms with Gasteiger partial charge < -0.3 is 4.74 Å². The lowest BCUT2D eigenvalue weighted by Gasteiger charge is -2.08. The second kappa shape index (κ2) is 8.40. The highest BCUT2D eigenvalue weighted by molar-refractivity contribution is 5.81. The fourth-order valence-corrected chi connectivity index (χ4v) is 2.66. The van der Waals surface area contributed by atoms with Crippen LogP contribution in [0.5, 0.6) is 0 Å². The van der Waals surface area contributed by atoms with E-state index in [9.17, 15) is 4.39 Å². The van der Waals surface area contributed by atoms with E-state index in [-0.39, 0.29) is 5.82 Å². The van der Waals surface area contributed by atoms with Crippen LogP contribution in [0.3, 0.4) is 0 Å². The van der Waals surface area contributed by atoms with Gasteiger partial charge >= 0.3 is 0 Å². The third-order valence-corrected chi connectivity index (χ3v) is 4.09. The van der Waals surface area contributed by atoms with Gasteiger partial charge in [-0.2, -0.15) is 5.10 Å². The summed E-state index contributed by atoms with van der Waals surface area (Å²) in [6.45, 7) is 3.96. The molecule has 0 fully saturated rings. The third-order valence-electron chi connectivity index (χ3n) is 4.09. The molecule has 2 heterocycles. The Labute approximate surface area is 157 Å². The molecule has 0 aliphatic rings. The van der Waals surface area contributed by atoms with Crippen molar-refractivity contribution in [3.63, 3.8) is 0 Å². The van der Waals surface area contributed by atoms with Crippen LogP contribution in [0.25, 0.3) is 17.1 Å². The first kappa shape index (κ1) is 18.5. The highest BCUT2D eigenvalue weighted by Gasteiger charge is 2.15. The van der Waals surface area contributed by atoms with Gasteiger partial charge in [0.25, 0.3) is 0 Å². The Bertz CT molecular complexity index is 977. The van der Waals surface area contributed by atoms with Crippen molar-refractivity contribution in [1.29, 1.82) is 0 Å². The normalized spacial score (nSPS) is 12.3. The summed E-state index contributed by atoms with van der Waals surface area (Å²) in [7, 11) is 1.57. The summed E-state index contributed by atoms with van der Waals surface area (Å²) >= 11 is 0. The third kappa shape index (κ3) is 4.28. The molecule has 5 nitrogen and oxygen atoms in total. The topological polar surface area (TPSA) is 52.3 Å². The first-order chi connectivity index (χ1) is 13.1. The van der Waals surface area contributed by atoms with Crippen LogP contribution in [0.4, 0.5) is 4.39 Å². The fourth-order valence-electron chi connectivity index (χ4n) is 2.66. The van der Waals surface area contributed by atoms with Crippen LogP contribution in [0.2, 0.25) is 0 Å². The van der Waals surface area contributed by atoms with Gasteiger partial charge in [0, 0.05) is 18.7 Å². The van der Waals surface area contributed by atoms with Gasteiger partial charge in [0.05, 0.1) is 30.7 Å². The van der Waals surface area contributed by atoms with Crippen molar-refractivity contribution in [2.45, 2.75) is 20.4 Å². The zero-order valence-electron chi connectivity index (χ0n) is 15.6. The Morgan fingerprint density at radius 2 is 2.00 bits per heavy atom. The molecule has 0 amide bonds. The lowest BCUT2D eigenvalue weighted by atomic mass is 10.2. The molecule has 0 saturated heterocycles. The molecule has 0 radical (unpaired) electrons. The van der Waals surface area contributed by atoms with Gasteiger partial charge in [-0.05, 0) is 31.2 Å². The number of hydrogen-bond donors (Lipinski definition) is 0. The molecule has 0 N–H and O–H groups in total. The van der Waals surface area contributed by atoms with Crippen molar-refractivity contribution < 1.29 is 9.13 Å². The summed E-state index contributed by atoms with van der Waals surface area (Å²) in [4.78, 5) is 8.86. The molecule has 0 bridgehead atoms. The molecule has 6 heteroatoms. The minimum atomic E-state index is -0.263. The average Bonchev–Trinajstić information content (AvgIpc) is 3.12. The molecule has 138 valence electrons. The summed E-state index contributed by atoms with van der Waals surface area (Å²) in [5.74, 6) is 0.271. The first-order valence-corrected chi connectivity index (χ1v) is 8.61. The Balaban J connectivity index is 2.08. The van der Waals surface area contributed by atoms with Gasteiger partial charge in [-0.15, -0.1) is 0 Å². The Hall–Kier alpha value is -3.28. The number of benzene rings is 1. The zero-order chi connectivity index (χ0) is 19.2. The molecular weight excluding hydrogens is 343 g/mol. The predicted octanol–water partition coefficient (Wildman–Crippen LogP) is 4.56. The van der Waals surface area contributed by atoms with Crippen molar-refractivity contribution in [3.8, 4) is 11.4 Å². The summed E-state index contributed by atoms with van der Waals surface area (Å²) in [6, 6.07) is 14.3. The lowest BCUT2D eigenvalue weighted by Crippen LogP contribution is -2.06. The second-order valence-electron chi connectivity index (χ2n) is 5.89. The van der Waals surface area contributed by atoms with E-state index in [0.717, 1.165) is 11.4 Å². The number of halogens is 1. The van der Waals surface area contributed by atoms with E-state index >= 15 is 0 Å². The van der Waals surface area contributed by atoms with Crippen LogP contribution in [0.15, 0.2) is 65.8 Å². The highest BCUT2D eigenvalue weighted by atomic mass is 19.1. The van der Waals surface area contributed by atoms with Crippen molar-refractivity contribution in [3.05, 3.63) is 77.9 Å². The number of aliphatic imine (C=N–C) groups is 1. The molecule has 3 aromatic rings. The van der Waals surface area contributed by atoms with Gasteiger partial charge in [0.2, 0.25) is 0 Å². The number of allylic oxidation sites excluding steroid dienone is 1. The van der Waals surface area contributed by atoms with E-state index in [4.69, 9.17) is 4.74 Å². The summed E-state index contributed by atoms with van der Waals surface area (Å²) in [5, 5.41) is 4.66. The molecule has 0 aliphatic carbocycles. The minimum Gasteiger partial charge on any atom is -0.484 e. The van der Waals surface area contributed by atoms with E-state index in [1.54, 1.807) is 37.0 Å². The number of rotatable bonds is 5. The quantitative estimate of drug-likeness (QED) is 0.493. The molecule has 27 heavy (non-hydrogen) atoms. The molecular formula is C21H21FN4O. The standard InChI is InChI=1S/C21H21FN4O/c1-4-18(24-15(2)27-3)20-13-21(19-11-7-8-12-23-19)26(25-20)14-16-9-5-6-10-17(16)22/h4-13H,14H2,1-3H3/b18-4-,24-15+. The van der Waals surface area contributed by atoms with Crippen molar-refractivity contribution in [1.82, 2.24) is 14.8 Å². The minimum absolute atomic E-state index is 0.263. The van der Waals surface area contributed by atoms with Crippen LogP contribution in [0, 0.1) is 5.82 Å². The molecule has 1 aromatic carbocycles. The number of methoxy groups -OCH3 is 1. The Morgan fingerprint density at radius 1 is 1.22 bits per heavy atom. The van der Waals surface area contributed by atoms with Crippen LogP contribution in [-0.2, 0) is 11.3 Å². The summed E-state index contributed by atoms with van der Waals surface area (Å²) in [5.41, 5.74) is 3.46. The predicted molar refractivity (Wildman–Crippen MR) is 105 cm³/mol. The number of pyridine rings is 1. The molecule has 0 saturated carbocycles. The van der Waals surface area contributed by atoms with E-state index in [1.807, 2.05) is 43.3 Å². The van der Waals surface area contributed by atoms with E-state index < -0.39 is 0 Å². The summed E-state index contributed by atoms with van der Waals surface area (Å²) < 4.78 is 21.0. The van der Waals surface area contributed by atoms with Gasteiger partial charge in [-0.3, -0.25) is 9.67 Å². The Morgan fingerprint density at radius 3 is 2.67 bits per heavy atom. The Kier molecular flexibility index (Phi) is 5.76. The first-order valence-electron chi connectivity index (χ1n) is 8.61. The van der Waals surface area contributed by atoms with Crippen LogP contribution in [-0.4, -0.2) is 27.8 Å². The summed E-state index contributed by atoms with van der Waals surface area (Å²) in [6.07, 6.45) is 3.58. The van der Waals surface area contributed by atoms with Gasteiger partial charge in [-0.1, -0.05) is 30.3 Å². The van der Waals surface area contributed by atoms with E-state index in [0.29, 0.717) is 29.4 Å². The van der Waals surface area contributed by atoms with Gasteiger partial charge in [0.1, 0.15) is 11.5 Å². The maximum atomic E-state index is 14.2. The zero-order valence-corrected chi connectivity index (χ0v) is 15.6. The molecule has 0 spiro atoms. The largest absolute Gasteiger partial charge is 0.484 e. The van der Waals surface area contributed by atoms with E-state index in [1.165, 1.54) is 6.07 Å². The smallest absolute Gasteiger partial charge is 0.184 e. The lowest BCUT2D eigenvalue weighted by molar-refractivity contribution is 0.400. The number of hydrogen-bond acceptors (Lipinski definition) is 4. The SMILES string of the molecule is C/C=C(\N=C(/C)OC)c1cc(-c2ccccn2)n(Cc2ccccc2F)n1. The van der Waals surface area contributed by atoms with Gasteiger partial charge in [0.15, 0.2) is 5.90 Å². The number of nitrogens with zero attached hydrogens (tertiary/aromatic N) is 4. The van der Waals surface area contributed by atoms with Crippen molar-refractivity contribution >= 4 is 11.6 Å². The molecule has 0 atom stereocenters. The monoisotopic (exact) mass is 364 g/mol. The highest BCUT2D eigenvalue weighted by Crippen LogP contribution is 2.24. The second-order valence-corrected chi connectivity index (χ2v) is 5.89. The fraction of sp³-hybridized carbons (Fsp3) is 0.190. The van der Waals surface area contributed by atoms with E-state index in [2.05, 4.69) is 15.1 Å². The maximum absolute atomic E-state index is 14.2. The molecule has 0 unspecified atom stereocenters. The molecule has 0 aliphatic heterocycles. The van der Waals surface area contributed by atoms with Crippen LogP contribution in [0.1, 0.15) is 25.1 Å². The van der Waals surface area contributed by atoms with Gasteiger partial charge in [-0.25, -0.2) is 9.38 Å². The average molecular weight is 364 g/mol. The molecule has 3 rings (SSSR count). The number of ether oxygens (including phenoxy) is 1. The van der Waals surface area contributed by atoms with Crippen molar-refractivity contribution in [2.24, 2.45) is 4.99 Å². The number of aromatic nitrogens is 3. The van der Waals surface area contributed by atoms with Crippen LogP contribution < -0.4 is 0 Å².